The van der Waals surface area contributed by atoms with Gasteiger partial charge in [-0.2, -0.15) is 5.26 Å². The van der Waals surface area contributed by atoms with Crippen LogP contribution in [-0.2, 0) is 0 Å². The van der Waals surface area contributed by atoms with Crippen LogP contribution in [0.5, 0.6) is 0 Å². The second-order valence-electron chi connectivity index (χ2n) is 15.0. The van der Waals surface area contributed by atoms with E-state index in [9.17, 15) is 4.39 Å². The van der Waals surface area contributed by atoms with E-state index in [0.717, 1.165) is 16.7 Å². The van der Waals surface area contributed by atoms with Crippen molar-refractivity contribution in [2.45, 2.75) is 121 Å². The van der Waals surface area contributed by atoms with Crippen LogP contribution in [0.15, 0.2) is 90.3 Å². The Balaban J connectivity index is 0.000000239. The Kier molecular flexibility index (Phi) is 17.0. The maximum atomic E-state index is 13.1. The van der Waals surface area contributed by atoms with Crippen LogP contribution in [0.25, 0.3) is 20.9 Å². The van der Waals surface area contributed by atoms with Crippen LogP contribution in [-0.4, -0.2) is 0 Å². The van der Waals surface area contributed by atoms with E-state index in [1.165, 1.54) is 59.8 Å². The Morgan fingerprint density at radius 3 is 1.48 bits per heavy atom. The number of thiophene rings is 1. The summed E-state index contributed by atoms with van der Waals surface area (Å²) in [6.45, 7) is 27.8. The van der Waals surface area contributed by atoms with Gasteiger partial charge in [0, 0.05) is 4.70 Å². The first kappa shape index (κ1) is 43.9. The summed E-state index contributed by atoms with van der Waals surface area (Å²) in [5.74, 6) is 2.09. The second kappa shape index (κ2) is 20.1. The summed E-state index contributed by atoms with van der Waals surface area (Å²) >= 11 is 1.82. The molecule has 276 valence electrons. The maximum Gasteiger partial charge on any atom is 0.126 e. The van der Waals surface area contributed by atoms with Crippen molar-refractivity contribution in [2.24, 2.45) is 0 Å². The van der Waals surface area contributed by atoms with Crippen molar-refractivity contribution >= 4 is 32.2 Å². The molecule has 0 saturated heterocycles. The lowest BCUT2D eigenvalue weighted by atomic mass is 9.94. The lowest BCUT2D eigenvalue weighted by Gasteiger charge is -2.11. The smallest absolute Gasteiger partial charge is 0.126 e. The lowest BCUT2D eigenvalue weighted by Crippen LogP contribution is -1.95. The minimum atomic E-state index is -0.0932. The quantitative estimate of drug-likeness (QED) is 0.178. The van der Waals surface area contributed by atoms with E-state index >= 15 is 0 Å². The standard InChI is InChI=1S/C14H16.C12H14S.C11H15F.C11H13N.CH4/c1-10(2)14-9-13-7-5-4-6-12(13)8-11(14)3;1-8(2)11-7-10-4-5-13-12(10)6-9(11)3;1-7(2)10-6-11(12)9(4)5-8(10)3;1-8(2)11-5-4-10(7-12)6-9(11)3;/h4-10H,1-3H3;4-8H,1-3H3;5-7H,1-4H3;4-6,8H,1-3H3;1H4. The zero-order valence-electron chi connectivity index (χ0n) is 33.2. The molecule has 1 aromatic heterocycles. The third-order valence-electron chi connectivity index (χ3n) is 9.41. The predicted molar refractivity (Wildman–Crippen MR) is 230 cm³/mol. The average molecular weight is 716 g/mol. The monoisotopic (exact) mass is 715 g/mol. The molecule has 3 heteroatoms. The van der Waals surface area contributed by atoms with E-state index in [-0.39, 0.29) is 13.2 Å². The molecule has 1 nitrogen and oxygen atoms in total. The average Bonchev–Trinajstić information content (AvgIpc) is 3.53. The van der Waals surface area contributed by atoms with Gasteiger partial charge in [-0.05, 0) is 166 Å². The molecule has 0 atom stereocenters. The Labute approximate surface area is 319 Å². The number of rotatable bonds is 4. The van der Waals surface area contributed by atoms with Crippen LogP contribution in [0.3, 0.4) is 0 Å². The second-order valence-corrected chi connectivity index (χ2v) is 15.9. The Morgan fingerprint density at radius 2 is 0.962 bits per heavy atom. The molecule has 0 amide bonds. The molecule has 0 aliphatic carbocycles. The van der Waals surface area contributed by atoms with Crippen LogP contribution < -0.4 is 0 Å². The van der Waals surface area contributed by atoms with Crippen molar-refractivity contribution in [1.29, 1.82) is 5.26 Å². The third-order valence-corrected chi connectivity index (χ3v) is 10.3. The molecule has 0 fully saturated rings. The molecule has 52 heavy (non-hydrogen) atoms. The molecule has 5 aromatic carbocycles. The predicted octanol–water partition coefficient (Wildman–Crippen LogP) is 15.8. The van der Waals surface area contributed by atoms with Gasteiger partial charge in [0.05, 0.1) is 11.6 Å². The summed E-state index contributed by atoms with van der Waals surface area (Å²) in [4.78, 5) is 0. The molecule has 0 saturated carbocycles. The van der Waals surface area contributed by atoms with Gasteiger partial charge in [-0.3, -0.25) is 0 Å². The minimum absolute atomic E-state index is 0. The molecule has 6 aromatic rings. The third kappa shape index (κ3) is 11.9. The van der Waals surface area contributed by atoms with Gasteiger partial charge in [0.25, 0.3) is 0 Å². The highest BCUT2D eigenvalue weighted by atomic mass is 32.1. The van der Waals surface area contributed by atoms with Gasteiger partial charge >= 0.3 is 0 Å². The molecule has 0 unspecified atom stereocenters. The van der Waals surface area contributed by atoms with E-state index in [1.807, 2.05) is 42.5 Å². The van der Waals surface area contributed by atoms with Crippen LogP contribution >= 0.6 is 11.3 Å². The van der Waals surface area contributed by atoms with Gasteiger partial charge in [0.1, 0.15) is 5.82 Å². The Hall–Kier alpha value is -4.26. The highest BCUT2D eigenvalue weighted by molar-refractivity contribution is 7.17. The molecular formula is C49H62FNS. The van der Waals surface area contributed by atoms with E-state index in [2.05, 4.69) is 142 Å². The van der Waals surface area contributed by atoms with Crippen molar-refractivity contribution in [2.75, 3.05) is 0 Å². The van der Waals surface area contributed by atoms with E-state index < -0.39 is 0 Å². The van der Waals surface area contributed by atoms with Crippen molar-refractivity contribution in [3.63, 3.8) is 0 Å². The van der Waals surface area contributed by atoms with Gasteiger partial charge in [-0.1, -0.05) is 111 Å². The van der Waals surface area contributed by atoms with E-state index in [1.54, 1.807) is 13.0 Å². The molecule has 0 aliphatic rings. The molecule has 0 radical (unpaired) electrons. The largest absolute Gasteiger partial charge is 0.207 e. The van der Waals surface area contributed by atoms with Gasteiger partial charge in [0.2, 0.25) is 0 Å². The van der Waals surface area contributed by atoms with Crippen molar-refractivity contribution < 1.29 is 4.39 Å². The fourth-order valence-electron chi connectivity index (χ4n) is 6.60. The first-order valence-corrected chi connectivity index (χ1v) is 19.2. The van der Waals surface area contributed by atoms with Crippen LogP contribution in [0.2, 0.25) is 0 Å². The first-order chi connectivity index (χ1) is 24.0. The number of benzene rings is 5. The number of hydrogen-bond donors (Lipinski definition) is 0. The molecular weight excluding hydrogens is 654 g/mol. The summed E-state index contributed by atoms with van der Waals surface area (Å²) in [5.41, 5.74) is 12.1. The number of nitrogens with zero attached hydrogens (tertiary/aromatic N) is 1. The molecule has 0 spiro atoms. The van der Waals surface area contributed by atoms with Gasteiger partial charge < -0.3 is 0 Å². The van der Waals surface area contributed by atoms with Crippen molar-refractivity contribution in [3.8, 4) is 6.07 Å². The fraction of sp³-hybridized carbons (Fsp3) is 0.367. The first-order valence-electron chi connectivity index (χ1n) is 18.3. The van der Waals surface area contributed by atoms with Crippen LogP contribution in [0, 0.1) is 51.8 Å². The number of aryl methyl sites for hydroxylation is 5. The van der Waals surface area contributed by atoms with Crippen molar-refractivity contribution in [1.82, 2.24) is 0 Å². The summed E-state index contributed by atoms with van der Waals surface area (Å²) in [5, 5.41) is 14.9. The summed E-state index contributed by atoms with van der Waals surface area (Å²) in [7, 11) is 0. The van der Waals surface area contributed by atoms with Gasteiger partial charge in [0.15, 0.2) is 0 Å². The zero-order chi connectivity index (χ0) is 38.0. The molecule has 0 aliphatic heterocycles. The number of halogens is 1. The fourth-order valence-corrected chi connectivity index (χ4v) is 7.47. The number of nitriles is 1. The Bertz CT molecular complexity index is 2090. The highest BCUT2D eigenvalue weighted by Crippen LogP contribution is 2.29. The van der Waals surface area contributed by atoms with Gasteiger partial charge in [-0.15, -0.1) is 11.3 Å². The van der Waals surface area contributed by atoms with Crippen molar-refractivity contribution in [3.05, 3.63) is 152 Å². The van der Waals surface area contributed by atoms with Gasteiger partial charge in [-0.25, -0.2) is 4.39 Å². The lowest BCUT2D eigenvalue weighted by molar-refractivity contribution is 0.613. The summed E-state index contributed by atoms with van der Waals surface area (Å²) < 4.78 is 14.5. The van der Waals surface area contributed by atoms with Crippen LogP contribution in [0.4, 0.5) is 4.39 Å². The maximum absolute atomic E-state index is 13.1. The normalized spacial score (nSPS) is 10.6. The molecule has 0 bridgehead atoms. The molecule has 6 rings (SSSR count). The zero-order valence-corrected chi connectivity index (χ0v) is 34.0. The van der Waals surface area contributed by atoms with Crippen LogP contribution in [0.1, 0.15) is 142 Å². The summed E-state index contributed by atoms with van der Waals surface area (Å²) in [6.07, 6.45) is 0. The van der Waals surface area contributed by atoms with E-state index in [0.29, 0.717) is 23.7 Å². The number of fused-ring (bicyclic) bond motifs is 2. The highest BCUT2D eigenvalue weighted by Gasteiger charge is 2.08. The molecule has 1 heterocycles. The topological polar surface area (TPSA) is 23.8 Å². The minimum Gasteiger partial charge on any atom is -0.207 e. The SMILES string of the molecule is C.Cc1cc(C#N)ccc1C(C)C.Cc1cc(C)c(C(C)C)cc1F.Cc1cc2ccccc2cc1C(C)C.Cc1cc2sccc2cc1C(C)C. The molecule has 0 N–H and O–H groups in total. The number of hydrogen-bond acceptors (Lipinski definition) is 2. The van der Waals surface area contributed by atoms with E-state index in [4.69, 9.17) is 5.26 Å². The summed E-state index contributed by atoms with van der Waals surface area (Å²) in [6, 6.07) is 31.5. The Morgan fingerprint density at radius 1 is 0.500 bits per heavy atom.